The number of halogens is 1. The second kappa shape index (κ2) is 9.42. The molecule has 0 radical (unpaired) electrons. The molecule has 0 aliphatic carbocycles. The van der Waals surface area contributed by atoms with E-state index in [-0.39, 0.29) is 23.9 Å². The highest BCUT2D eigenvalue weighted by atomic mass is 35.5. The minimum absolute atomic E-state index is 0.0429. The fourth-order valence-electron chi connectivity index (χ4n) is 3.23. The summed E-state index contributed by atoms with van der Waals surface area (Å²) in [5.74, 6) is -0.420. The fourth-order valence-corrected chi connectivity index (χ4v) is 4.27. The number of hydrogen-bond donors (Lipinski definition) is 1. The number of rotatable bonds is 6. The third-order valence-electron chi connectivity index (χ3n) is 4.82. The largest absolute Gasteiger partial charge is 0.360 e. The van der Waals surface area contributed by atoms with E-state index in [1.807, 2.05) is 30.3 Å². The highest BCUT2D eigenvalue weighted by molar-refractivity contribution is 8.18. The molecule has 162 valence electrons. The van der Waals surface area contributed by atoms with Crippen molar-refractivity contribution in [2.45, 2.75) is 6.92 Å². The van der Waals surface area contributed by atoms with Gasteiger partial charge in [0.25, 0.3) is 17.1 Å². The van der Waals surface area contributed by atoms with Crippen LogP contribution in [0.5, 0.6) is 0 Å². The van der Waals surface area contributed by atoms with Gasteiger partial charge in [-0.3, -0.25) is 19.3 Å². The normalized spacial score (nSPS) is 14.9. The molecule has 1 fully saturated rings. The molecular formula is C23H18ClN3O4S. The van der Waals surface area contributed by atoms with Crippen LogP contribution < -0.4 is 5.32 Å². The van der Waals surface area contributed by atoms with E-state index in [4.69, 9.17) is 16.1 Å². The SMILES string of the molecule is Cc1onc(-c2ccccc2)c1C(=O)NCCN1C(=O)SC(=Cc2ccccc2Cl)C1=O. The molecule has 7 nitrogen and oxygen atoms in total. The van der Waals surface area contributed by atoms with Crippen LogP contribution in [0.3, 0.4) is 0 Å². The second-order valence-electron chi connectivity index (χ2n) is 6.94. The molecule has 9 heteroatoms. The molecule has 2 heterocycles. The first-order chi connectivity index (χ1) is 15.5. The van der Waals surface area contributed by atoms with Crippen LogP contribution in [0.15, 0.2) is 64.0 Å². The minimum Gasteiger partial charge on any atom is -0.360 e. The van der Waals surface area contributed by atoms with Crippen LogP contribution in [0.2, 0.25) is 5.02 Å². The molecule has 3 aromatic rings. The van der Waals surface area contributed by atoms with Gasteiger partial charge in [-0.25, -0.2) is 0 Å². The van der Waals surface area contributed by atoms with Crippen molar-refractivity contribution in [1.82, 2.24) is 15.4 Å². The van der Waals surface area contributed by atoms with E-state index in [0.717, 1.165) is 22.2 Å². The molecule has 1 saturated heterocycles. The average Bonchev–Trinajstić information content (AvgIpc) is 3.30. The van der Waals surface area contributed by atoms with Crippen molar-refractivity contribution in [3.8, 4) is 11.3 Å². The summed E-state index contributed by atoms with van der Waals surface area (Å²) in [4.78, 5) is 39.1. The highest BCUT2D eigenvalue weighted by Gasteiger charge is 2.35. The monoisotopic (exact) mass is 467 g/mol. The van der Waals surface area contributed by atoms with Gasteiger partial charge in [-0.05, 0) is 36.4 Å². The first-order valence-electron chi connectivity index (χ1n) is 9.75. The fraction of sp³-hybridized carbons (Fsp3) is 0.130. The van der Waals surface area contributed by atoms with E-state index < -0.39 is 11.1 Å². The summed E-state index contributed by atoms with van der Waals surface area (Å²) in [5, 5.41) is 6.84. The van der Waals surface area contributed by atoms with Crippen molar-refractivity contribution in [1.29, 1.82) is 0 Å². The zero-order chi connectivity index (χ0) is 22.7. The second-order valence-corrected chi connectivity index (χ2v) is 8.34. The third kappa shape index (κ3) is 4.46. The summed E-state index contributed by atoms with van der Waals surface area (Å²) in [5.41, 5.74) is 2.17. The van der Waals surface area contributed by atoms with E-state index in [9.17, 15) is 14.4 Å². The van der Waals surface area contributed by atoms with Crippen molar-refractivity contribution in [3.05, 3.63) is 81.4 Å². The number of benzene rings is 2. The van der Waals surface area contributed by atoms with E-state index in [0.29, 0.717) is 27.6 Å². The average molecular weight is 468 g/mol. The Labute approximate surface area is 193 Å². The van der Waals surface area contributed by atoms with Crippen molar-refractivity contribution in [2.75, 3.05) is 13.1 Å². The van der Waals surface area contributed by atoms with Crippen LogP contribution in [0.1, 0.15) is 21.7 Å². The van der Waals surface area contributed by atoms with Gasteiger partial charge in [-0.1, -0.05) is 65.3 Å². The number of hydrogen-bond acceptors (Lipinski definition) is 6. The maximum absolute atomic E-state index is 12.8. The maximum atomic E-state index is 12.8. The lowest BCUT2D eigenvalue weighted by Gasteiger charge is -2.13. The van der Waals surface area contributed by atoms with Crippen molar-refractivity contribution < 1.29 is 18.9 Å². The van der Waals surface area contributed by atoms with Crippen molar-refractivity contribution in [2.24, 2.45) is 0 Å². The Morgan fingerprint density at radius 3 is 2.62 bits per heavy atom. The minimum atomic E-state index is -0.416. The summed E-state index contributed by atoms with van der Waals surface area (Å²) in [6, 6.07) is 16.3. The van der Waals surface area contributed by atoms with Gasteiger partial charge >= 0.3 is 0 Å². The Morgan fingerprint density at radius 2 is 1.88 bits per heavy atom. The van der Waals surface area contributed by atoms with Crippen LogP contribution >= 0.6 is 23.4 Å². The number of thioether (sulfide) groups is 1. The molecule has 0 spiro atoms. The number of carbonyl (C=O) groups excluding carboxylic acids is 3. The number of aryl methyl sites for hydroxylation is 1. The molecule has 0 saturated carbocycles. The summed E-state index contributed by atoms with van der Waals surface area (Å²) in [6.07, 6.45) is 1.60. The Kier molecular flexibility index (Phi) is 6.43. The summed E-state index contributed by atoms with van der Waals surface area (Å²) >= 11 is 6.98. The third-order valence-corrected chi connectivity index (χ3v) is 6.07. The smallest absolute Gasteiger partial charge is 0.293 e. The Hall–Kier alpha value is -3.36. The molecule has 1 N–H and O–H groups in total. The van der Waals surface area contributed by atoms with Crippen LogP contribution in [-0.4, -0.2) is 40.2 Å². The molecule has 4 rings (SSSR count). The van der Waals surface area contributed by atoms with E-state index in [1.165, 1.54) is 0 Å². The van der Waals surface area contributed by atoms with Crippen molar-refractivity contribution in [3.63, 3.8) is 0 Å². The number of nitrogens with one attached hydrogen (secondary N) is 1. The van der Waals surface area contributed by atoms with Gasteiger partial charge in [-0.15, -0.1) is 0 Å². The van der Waals surface area contributed by atoms with Gasteiger partial charge in [0.1, 0.15) is 17.0 Å². The molecular weight excluding hydrogens is 450 g/mol. The summed E-state index contributed by atoms with van der Waals surface area (Å²) in [7, 11) is 0. The number of carbonyl (C=O) groups is 3. The highest BCUT2D eigenvalue weighted by Crippen LogP contribution is 2.33. The number of amides is 3. The molecule has 32 heavy (non-hydrogen) atoms. The van der Waals surface area contributed by atoms with Crippen LogP contribution in [0, 0.1) is 6.92 Å². The number of nitrogens with zero attached hydrogens (tertiary/aromatic N) is 2. The van der Waals surface area contributed by atoms with E-state index >= 15 is 0 Å². The first-order valence-corrected chi connectivity index (χ1v) is 10.9. The van der Waals surface area contributed by atoms with E-state index in [1.54, 1.807) is 37.3 Å². The lowest BCUT2D eigenvalue weighted by Crippen LogP contribution is -2.37. The number of aromatic nitrogens is 1. The Bertz CT molecular complexity index is 1220. The molecule has 0 unspecified atom stereocenters. The summed E-state index contributed by atoms with van der Waals surface area (Å²) in [6.45, 7) is 1.79. The van der Waals surface area contributed by atoms with Gasteiger partial charge in [0.15, 0.2) is 0 Å². The van der Waals surface area contributed by atoms with Gasteiger partial charge in [0.2, 0.25) is 0 Å². The standard InChI is InChI=1S/C23H18ClN3O4S/c1-14-19(20(26-31-14)15-7-3-2-4-8-15)21(28)25-11-12-27-22(29)18(32-23(27)30)13-16-9-5-6-10-17(16)24/h2-10,13H,11-12H2,1H3,(H,25,28). The lowest BCUT2D eigenvalue weighted by atomic mass is 10.1. The molecule has 2 aromatic carbocycles. The number of imide groups is 1. The predicted molar refractivity (Wildman–Crippen MR) is 123 cm³/mol. The quantitative estimate of drug-likeness (QED) is 0.525. The Morgan fingerprint density at radius 1 is 1.16 bits per heavy atom. The molecule has 0 bridgehead atoms. The van der Waals surface area contributed by atoms with Crippen LogP contribution in [0.25, 0.3) is 17.3 Å². The van der Waals surface area contributed by atoms with Gasteiger partial charge in [0, 0.05) is 23.7 Å². The van der Waals surface area contributed by atoms with Crippen LogP contribution in [-0.2, 0) is 4.79 Å². The van der Waals surface area contributed by atoms with Crippen LogP contribution in [0.4, 0.5) is 4.79 Å². The molecule has 3 amide bonds. The predicted octanol–water partition coefficient (Wildman–Crippen LogP) is 4.77. The molecule has 1 aliphatic rings. The lowest BCUT2D eigenvalue weighted by molar-refractivity contribution is -0.122. The topological polar surface area (TPSA) is 92.5 Å². The van der Waals surface area contributed by atoms with Gasteiger partial charge in [0.05, 0.1) is 4.91 Å². The van der Waals surface area contributed by atoms with Gasteiger partial charge < -0.3 is 9.84 Å². The summed E-state index contributed by atoms with van der Waals surface area (Å²) < 4.78 is 5.21. The van der Waals surface area contributed by atoms with E-state index in [2.05, 4.69) is 10.5 Å². The zero-order valence-corrected chi connectivity index (χ0v) is 18.6. The molecule has 1 aromatic heterocycles. The first kappa shape index (κ1) is 21.9. The van der Waals surface area contributed by atoms with Crippen molar-refractivity contribution >= 4 is 46.5 Å². The zero-order valence-electron chi connectivity index (χ0n) is 17.0. The maximum Gasteiger partial charge on any atom is 0.293 e. The van der Waals surface area contributed by atoms with Gasteiger partial charge in [-0.2, -0.15) is 0 Å². The molecule has 1 aliphatic heterocycles. The molecule has 0 atom stereocenters. The Balaban J connectivity index is 1.42.